The third-order valence-electron chi connectivity index (χ3n) is 7.97. The van der Waals surface area contributed by atoms with Gasteiger partial charge < -0.3 is 28.4 Å². The number of hydrogen-bond donors (Lipinski definition) is 0. The van der Waals surface area contributed by atoms with E-state index < -0.39 is 0 Å². The lowest BCUT2D eigenvalue weighted by Crippen LogP contribution is -2.13. The predicted octanol–water partition coefficient (Wildman–Crippen LogP) is 5.80. The fourth-order valence-electron chi connectivity index (χ4n) is 5.32. The Kier molecular flexibility index (Phi) is 9.03. The number of benzene rings is 2. The molecule has 0 N–H and O–H groups in total. The second kappa shape index (κ2) is 12.6. The Morgan fingerprint density at radius 2 is 1.19 bits per heavy atom. The molecule has 1 aliphatic carbocycles. The Labute approximate surface area is 221 Å². The highest BCUT2D eigenvalue weighted by Crippen LogP contribution is 2.41. The molecule has 3 aliphatic rings. The van der Waals surface area contributed by atoms with Crippen LogP contribution < -0.4 is 9.47 Å². The maximum atomic E-state index is 5.96. The van der Waals surface area contributed by atoms with E-state index in [1.807, 2.05) is 0 Å². The molecule has 202 valence electrons. The SMILES string of the molecule is Cc1cc(C2CCC(c3ccc(OCCOCC4OC4C)cc3)CC2)ccc1OCCOCC1OC1C. The zero-order valence-corrected chi connectivity index (χ0v) is 22.5. The average Bonchev–Trinajstić information content (AvgIpc) is 3.82. The minimum atomic E-state index is 0.275. The number of ether oxygens (including phenoxy) is 6. The summed E-state index contributed by atoms with van der Waals surface area (Å²) in [5.41, 5.74) is 4.06. The summed E-state index contributed by atoms with van der Waals surface area (Å²) in [4.78, 5) is 0. The van der Waals surface area contributed by atoms with E-state index in [0.29, 0.717) is 63.7 Å². The van der Waals surface area contributed by atoms with Gasteiger partial charge in [0.2, 0.25) is 0 Å². The van der Waals surface area contributed by atoms with Crippen molar-refractivity contribution in [3.8, 4) is 11.5 Å². The van der Waals surface area contributed by atoms with Crippen LogP contribution in [0.1, 0.15) is 68.1 Å². The number of aryl methyl sites for hydroxylation is 1. The van der Waals surface area contributed by atoms with Gasteiger partial charge in [-0.25, -0.2) is 0 Å². The van der Waals surface area contributed by atoms with Crippen molar-refractivity contribution in [3.05, 3.63) is 59.2 Å². The van der Waals surface area contributed by atoms with Gasteiger partial charge >= 0.3 is 0 Å². The molecule has 0 amide bonds. The first-order valence-electron chi connectivity index (χ1n) is 14.0. The summed E-state index contributed by atoms with van der Waals surface area (Å²) in [6, 6.07) is 15.4. The fourth-order valence-corrected chi connectivity index (χ4v) is 5.32. The lowest BCUT2D eigenvalue weighted by atomic mass is 9.76. The van der Waals surface area contributed by atoms with Gasteiger partial charge in [-0.2, -0.15) is 0 Å². The molecule has 3 fully saturated rings. The van der Waals surface area contributed by atoms with E-state index in [4.69, 9.17) is 28.4 Å². The van der Waals surface area contributed by atoms with Crippen molar-refractivity contribution in [1.29, 1.82) is 0 Å². The van der Waals surface area contributed by atoms with Crippen molar-refractivity contribution >= 4 is 0 Å². The van der Waals surface area contributed by atoms with E-state index in [9.17, 15) is 0 Å². The molecule has 4 unspecified atom stereocenters. The van der Waals surface area contributed by atoms with Gasteiger partial charge in [0, 0.05) is 0 Å². The highest BCUT2D eigenvalue weighted by molar-refractivity contribution is 5.38. The van der Waals surface area contributed by atoms with E-state index in [1.54, 1.807) is 0 Å². The second-order valence-corrected chi connectivity index (χ2v) is 10.7. The van der Waals surface area contributed by atoms with Crippen molar-refractivity contribution in [2.75, 3.05) is 39.6 Å². The minimum Gasteiger partial charge on any atom is -0.491 e. The van der Waals surface area contributed by atoms with Crippen LogP contribution in [-0.4, -0.2) is 64.1 Å². The van der Waals surface area contributed by atoms with Crippen LogP contribution >= 0.6 is 0 Å². The van der Waals surface area contributed by atoms with Crippen LogP contribution in [0.4, 0.5) is 0 Å². The van der Waals surface area contributed by atoms with Gasteiger partial charge in [-0.15, -0.1) is 0 Å². The Hall–Kier alpha value is -2.12. The Bertz CT molecular complexity index is 984. The zero-order valence-electron chi connectivity index (χ0n) is 22.5. The number of epoxide rings is 2. The molecule has 2 saturated heterocycles. The van der Waals surface area contributed by atoms with E-state index in [1.165, 1.54) is 42.4 Å². The summed E-state index contributed by atoms with van der Waals surface area (Å²) < 4.78 is 33.7. The van der Waals surface area contributed by atoms with Gasteiger partial charge in [0.15, 0.2) is 0 Å². The highest BCUT2D eigenvalue weighted by atomic mass is 16.6. The van der Waals surface area contributed by atoms with Crippen LogP contribution in [0.2, 0.25) is 0 Å². The molecule has 0 radical (unpaired) electrons. The van der Waals surface area contributed by atoms with Gasteiger partial charge in [0.1, 0.15) is 36.9 Å². The van der Waals surface area contributed by atoms with Gasteiger partial charge in [0.05, 0.1) is 38.6 Å². The third-order valence-corrected chi connectivity index (χ3v) is 7.97. The topological polar surface area (TPSA) is 62.0 Å². The summed E-state index contributed by atoms with van der Waals surface area (Å²) in [5.74, 6) is 3.12. The van der Waals surface area contributed by atoms with Crippen molar-refractivity contribution in [3.63, 3.8) is 0 Å². The summed E-state index contributed by atoms with van der Waals surface area (Å²) in [6.07, 6.45) is 6.13. The first-order valence-corrected chi connectivity index (χ1v) is 14.0. The number of hydrogen-bond acceptors (Lipinski definition) is 6. The molecule has 6 heteroatoms. The van der Waals surface area contributed by atoms with Crippen LogP contribution in [-0.2, 0) is 18.9 Å². The normalized spacial score (nSPS) is 28.6. The lowest BCUT2D eigenvalue weighted by molar-refractivity contribution is 0.0876. The lowest BCUT2D eigenvalue weighted by Gasteiger charge is -2.29. The molecule has 2 aliphatic heterocycles. The molecule has 5 rings (SSSR count). The Morgan fingerprint density at radius 1 is 0.676 bits per heavy atom. The van der Waals surface area contributed by atoms with Gasteiger partial charge in [-0.05, 0) is 93.2 Å². The first-order chi connectivity index (χ1) is 18.1. The monoisotopic (exact) mass is 510 g/mol. The van der Waals surface area contributed by atoms with Crippen LogP contribution in [0.3, 0.4) is 0 Å². The summed E-state index contributed by atoms with van der Waals surface area (Å²) in [6.45, 7) is 9.92. The summed E-state index contributed by atoms with van der Waals surface area (Å²) in [5, 5.41) is 0. The molecule has 2 heterocycles. The molecule has 37 heavy (non-hydrogen) atoms. The van der Waals surface area contributed by atoms with E-state index in [2.05, 4.69) is 63.2 Å². The van der Waals surface area contributed by atoms with Crippen molar-refractivity contribution in [2.24, 2.45) is 0 Å². The molecule has 0 bridgehead atoms. The van der Waals surface area contributed by atoms with Gasteiger partial charge in [-0.3, -0.25) is 0 Å². The van der Waals surface area contributed by atoms with Crippen LogP contribution in [0, 0.1) is 6.92 Å². The molecule has 2 aromatic carbocycles. The minimum absolute atomic E-state index is 0.275. The Morgan fingerprint density at radius 3 is 1.73 bits per heavy atom. The highest BCUT2D eigenvalue weighted by Gasteiger charge is 2.34. The average molecular weight is 511 g/mol. The molecule has 2 aromatic rings. The smallest absolute Gasteiger partial charge is 0.122 e. The van der Waals surface area contributed by atoms with E-state index >= 15 is 0 Å². The largest absolute Gasteiger partial charge is 0.491 e. The van der Waals surface area contributed by atoms with Crippen LogP contribution in [0.25, 0.3) is 0 Å². The van der Waals surface area contributed by atoms with E-state index in [0.717, 1.165) is 11.5 Å². The summed E-state index contributed by atoms with van der Waals surface area (Å²) in [7, 11) is 0. The van der Waals surface area contributed by atoms with E-state index in [-0.39, 0.29) is 12.2 Å². The van der Waals surface area contributed by atoms with Gasteiger partial charge in [-0.1, -0.05) is 24.3 Å². The van der Waals surface area contributed by atoms with Gasteiger partial charge in [0.25, 0.3) is 0 Å². The van der Waals surface area contributed by atoms with Crippen LogP contribution in [0.15, 0.2) is 42.5 Å². The van der Waals surface area contributed by atoms with Crippen LogP contribution in [0.5, 0.6) is 11.5 Å². The quantitative estimate of drug-likeness (QED) is 0.236. The molecule has 0 aromatic heterocycles. The third kappa shape index (κ3) is 7.70. The molecule has 6 nitrogen and oxygen atoms in total. The Balaban J connectivity index is 1.00. The predicted molar refractivity (Wildman–Crippen MR) is 143 cm³/mol. The summed E-state index contributed by atoms with van der Waals surface area (Å²) >= 11 is 0. The fraction of sp³-hybridized carbons (Fsp3) is 0.613. The maximum Gasteiger partial charge on any atom is 0.122 e. The molecule has 0 spiro atoms. The molecule has 4 atom stereocenters. The molecular formula is C31H42O6. The second-order valence-electron chi connectivity index (χ2n) is 10.7. The maximum absolute atomic E-state index is 5.96. The van der Waals surface area contributed by atoms with Crippen molar-refractivity contribution in [1.82, 2.24) is 0 Å². The van der Waals surface area contributed by atoms with Crippen molar-refractivity contribution < 1.29 is 28.4 Å². The zero-order chi connectivity index (χ0) is 25.6. The molecular weight excluding hydrogens is 468 g/mol. The standard InChI is InChI=1S/C31H42O6/c1-21-18-27(10-13-29(21)35-17-15-33-20-31-23(3)37-31)26-6-4-24(5-7-26)25-8-11-28(12-9-25)34-16-14-32-19-30-22(2)36-30/h8-13,18,22-24,26,30-31H,4-7,14-17,19-20H2,1-3H3. The first kappa shape index (κ1) is 26.5. The number of rotatable bonds is 14. The van der Waals surface area contributed by atoms with Crippen molar-refractivity contribution in [2.45, 2.75) is 82.7 Å². The molecule has 1 saturated carbocycles.